The summed E-state index contributed by atoms with van der Waals surface area (Å²) in [6, 6.07) is 0. The first kappa shape index (κ1) is 17.5. The zero-order valence-corrected chi connectivity index (χ0v) is 15.4. The van der Waals surface area contributed by atoms with Crippen LogP contribution in [0.1, 0.15) is 86.0 Å². The smallest absolute Gasteiger partial charge is 0.0181 e. The molecule has 0 bridgehead atoms. The predicted octanol–water partition coefficient (Wildman–Crippen LogP) is 6.82. The number of halogens is 1. The van der Waals surface area contributed by atoms with Crippen LogP contribution in [0.4, 0.5) is 0 Å². The van der Waals surface area contributed by atoms with Crippen LogP contribution in [0.5, 0.6) is 0 Å². The Balaban J connectivity index is 2.57. The molecule has 114 valence electrons. The molecule has 4 unspecified atom stereocenters. The van der Waals surface area contributed by atoms with Gasteiger partial charge in [-0.2, -0.15) is 0 Å². The predicted molar refractivity (Wildman–Crippen MR) is 90.9 cm³/mol. The Bertz CT molecular complexity index is 246. The maximum absolute atomic E-state index is 4.00. The van der Waals surface area contributed by atoms with Gasteiger partial charge in [-0.1, -0.05) is 82.7 Å². The van der Waals surface area contributed by atoms with E-state index in [1.165, 1.54) is 51.4 Å². The second kappa shape index (κ2) is 8.05. The Labute approximate surface area is 130 Å². The van der Waals surface area contributed by atoms with Gasteiger partial charge in [-0.25, -0.2) is 0 Å². The molecular weight excluding hydrogens is 296 g/mol. The van der Waals surface area contributed by atoms with E-state index >= 15 is 0 Å². The molecule has 1 aliphatic carbocycles. The van der Waals surface area contributed by atoms with Gasteiger partial charge >= 0.3 is 0 Å². The minimum Gasteiger partial charge on any atom is -0.0887 e. The summed E-state index contributed by atoms with van der Waals surface area (Å²) in [5, 5.41) is 0. The molecule has 1 aliphatic rings. The van der Waals surface area contributed by atoms with E-state index in [1.54, 1.807) is 0 Å². The molecule has 1 fully saturated rings. The van der Waals surface area contributed by atoms with Crippen LogP contribution in [-0.4, -0.2) is 4.83 Å². The van der Waals surface area contributed by atoms with Crippen LogP contribution in [0.2, 0.25) is 0 Å². The number of rotatable bonds is 7. The van der Waals surface area contributed by atoms with Gasteiger partial charge in [0.15, 0.2) is 0 Å². The van der Waals surface area contributed by atoms with Gasteiger partial charge in [0, 0.05) is 4.83 Å². The quantitative estimate of drug-likeness (QED) is 0.449. The second-order valence-electron chi connectivity index (χ2n) is 7.65. The molecule has 1 heteroatoms. The standard InChI is InChI=1S/C18H35Br/c1-6-8-9-15(7-2)13-18(4,5)16-11-10-14(3)12-17(16)19/h14-17H,6-13H2,1-5H3. The molecule has 1 saturated carbocycles. The van der Waals surface area contributed by atoms with E-state index in [0.29, 0.717) is 5.41 Å². The number of alkyl halides is 1. The molecule has 0 saturated heterocycles. The molecule has 0 aromatic rings. The second-order valence-corrected chi connectivity index (χ2v) is 8.83. The van der Waals surface area contributed by atoms with Crippen molar-refractivity contribution < 1.29 is 0 Å². The lowest BCUT2D eigenvalue weighted by Crippen LogP contribution is -2.37. The van der Waals surface area contributed by atoms with Gasteiger partial charge in [-0.3, -0.25) is 0 Å². The van der Waals surface area contributed by atoms with Gasteiger partial charge in [0.25, 0.3) is 0 Å². The van der Waals surface area contributed by atoms with E-state index < -0.39 is 0 Å². The van der Waals surface area contributed by atoms with Crippen molar-refractivity contribution in [2.45, 2.75) is 90.8 Å². The van der Waals surface area contributed by atoms with Crippen molar-refractivity contribution in [1.82, 2.24) is 0 Å². The van der Waals surface area contributed by atoms with Gasteiger partial charge in [-0.05, 0) is 42.4 Å². The van der Waals surface area contributed by atoms with E-state index in [-0.39, 0.29) is 0 Å². The van der Waals surface area contributed by atoms with Gasteiger partial charge in [0.2, 0.25) is 0 Å². The first-order valence-electron chi connectivity index (χ1n) is 8.54. The van der Waals surface area contributed by atoms with Crippen LogP contribution < -0.4 is 0 Å². The summed E-state index contributed by atoms with van der Waals surface area (Å²) in [7, 11) is 0. The molecule has 4 atom stereocenters. The number of hydrogen-bond donors (Lipinski definition) is 0. The van der Waals surface area contributed by atoms with E-state index in [2.05, 4.69) is 50.5 Å². The molecule has 0 spiro atoms. The Kier molecular flexibility index (Phi) is 7.43. The van der Waals surface area contributed by atoms with Gasteiger partial charge in [-0.15, -0.1) is 0 Å². The third-order valence-electron chi connectivity index (χ3n) is 5.40. The monoisotopic (exact) mass is 330 g/mol. The normalized spacial score (nSPS) is 30.3. The summed E-state index contributed by atoms with van der Waals surface area (Å²) in [5.41, 5.74) is 0.503. The summed E-state index contributed by atoms with van der Waals surface area (Å²) in [4.78, 5) is 0.745. The summed E-state index contributed by atoms with van der Waals surface area (Å²) in [5.74, 6) is 2.73. The Morgan fingerprint density at radius 1 is 1.21 bits per heavy atom. The molecule has 1 rings (SSSR count). The molecule has 0 radical (unpaired) electrons. The Morgan fingerprint density at radius 3 is 2.42 bits per heavy atom. The summed E-state index contributed by atoms with van der Waals surface area (Å²) >= 11 is 4.00. The molecule has 19 heavy (non-hydrogen) atoms. The fourth-order valence-corrected chi connectivity index (χ4v) is 5.65. The largest absolute Gasteiger partial charge is 0.0887 e. The van der Waals surface area contributed by atoms with Crippen molar-refractivity contribution in [2.75, 3.05) is 0 Å². The molecule has 0 amide bonds. The first-order chi connectivity index (χ1) is 8.90. The van der Waals surface area contributed by atoms with Crippen molar-refractivity contribution in [3.05, 3.63) is 0 Å². The van der Waals surface area contributed by atoms with Crippen LogP contribution >= 0.6 is 15.9 Å². The topological polar surface area (TPSA) is 0 Å². The van der Waals surface area contributed by atoms with Crippen LogP contribution in [-0.2, 0) is 0 Å². The minimum absolute atomic E-state index is 0.503. The van der Waals surface area contributed by atoms with Gasteiger partial charge < -0.3 is 0 Å². The minimum atomic E-state index is 0.503. The summed E-state index contributed by atoms with van der Waals surface area (Å²) in [6.45, 7) is 12.2. The molecule has 0 aromatic heterocycles. The summed E-state index contributed by atoms with van der Waals surface area (Å²) in [6.07, 6.45) is 11.2. The highest BCUT2D eigenvalue weighted by atomic mass is 79.9. The molecule has 0 aliphatic heterocycles. The molecule has 0 N–H and O–H groups in total. The highest BCUT2D eigenvalue weighted by Gasteiger charge is 2.38. The number of unbranched alkanes of at least 4 members (excludes halogenated alkanes) is 1. The molecular formula is C18H35Br. The van der Waals surface area contributed by atoms with E-state index in [9.17, 15) is 0 Å². The lowest BCUT2D eigenvalue weighted by Gasteiger charge is -2.43. The van der Waals surface area contributed by atoms with Gasteiger partial charge in [0.05, 0.1) is 0 Å². The third kappa shape index (κ3) is 5.40. The zero-order valence-electron chi connectivity index (χ0n) is 13.8. The van der Waals surface area contributed by atoms with E-state index in [4.69, 9.17) is 0 Å². The first-order valence-corrected chi connectivity index (χ1v) is 9.46. The number of hydrogen-bond acceptors (Lipinski definition) is 0. The zero-order chi connectivity index (χ0) is 14.5. The molecule has 0 aromatic carbocycles. The van der Waals surface area contributed by atoms with Gasteiger partial charge in [0.1, 0.15) is 0 Å². The van der Waals surface area contributed by atoms with Crippen molar-refractivity contribution in [3.63, 3.8) is 0 Å². The third-order valence-corrected chi connectivity index (χ3v) is 6.41. The van der Waals surface area contributed by atoms with Crippen molar-refractivity contribution in [3.8, 4) is 0 Å². The van der Waals surface area contributed by atoms with E-state index in [0.717, 1.165) is 22.6 Å². The highest BCUT2D eigenvalue weighted by Crippen LogP contribution is 2.47. The van der Waals surface area contributed by atoms with Crippen LogP contribution in [0.15, 0.2) is 0 Å². The maximum atomic E-state index is 4.00. The SMILES string of the molecule is CCCCC(CC)CC(C)(C)C1CCC(C)CC1Br. The highest BCUT2D eigenvalue weighted by molar-refractivity contribution is 9.09. The van der Waals surface area contributed by atoms with Crippen LogP contribution in [0.25, 0.3) is 0 Å². The maximum Gasteiger partial charge on any atom is 0.0181 e. The lowest BCUT2D eigenvalue weighted by molar-refractivity contribution is 0.111. The summed E-state index contributed by atoms with van der Waals surface area (Å²) < 4.78 is 0. The van der Waals surface area contributed by atoms with Crippen LogP contribution in [0, 0.1) is 23.2 Å². The molecule has 0 heterocycles. The molecule has 0 nitrogen and oxygen atoms in total. The van der Waals surface area contributed by atoms with Crippen molar-refractivity contribution >= 4 is 15.9 Å². The fourth-order valence-electron chi connectivity index (χ4n) is 4.03. The Morgan fingerprint density at radius 2 is 1.89 bits per heavy atom. The van der Waals surface area contributed by atoms with Crippen molar-refractivity contribution in [1.29, 1.82) is 0 Å². The average molecular weight is 331 g/mol. The van der Waals surface area contributed by atoms with Crippen molar-refractivity contribution in [2.24, 2.45) is 23.2 Å². The fraction of sp³-hybridized carbons (Fsp3) is 1.00. The lowest BCUT2D eigenvalue weighted by atomic mass is 9.65. The average Bonchev–Trinajstić information content (AvgIpc) is 2.33. The van der Waals surface area contributed by atoms with Crippen LogP contribution in [0.3, 0.4) is 0 Å². The Hall–Kier alpha value is 0.480. The van der Waals surface area contributed by atoms with E-state index in [1.807, 2.05) is 0 Å².